The van der Waals surface area contributed by atoms with Gasteiger partial charge in [-0.3, -0.25) is 0 Å². The van der Waals surface area contributed by atoms with Crippen molar-refractivity contribution in [3.05, 3.63) is 35.9 Å². The summed E-state index contributed by atoms with van der Waals surface area (Å²) in [5.41, 5.74) is 1.29. The van der Waals surface area contributed by atoms with Crippen LogP contribution in [0.5, 0.6) is 0 Å². The maximum Gasteiger partial charge on any atom is 0.146 e. The zero-order valence-electron chi connectivity index (χ0n) is 11.0. The van der Waals surface area contributed by atoms with Gasteiger partial charge in [0.15, 0.2) is 0 Å². The second kappa shape index (κ2) is 7.69. The fourth-order valence-electron chi connectivity index (χ4n) is 2.00. The van der Waals surface area contributed by atoms with E-state index in [1.807, 2.05) is 6.07 Å². The summed E-state index contributed by atoms with van der Waals surface area (Å²) in [4.78, 5) is 0. The molecule has 0 bridgehead atoms. The molecule has 1 aliphatic rings. The number of unbranched alkanes of at least 4 members (excludes halogenated alkanes) is 1. The zero-order valence-corrected chi connectivity index (χ0v) is 13.0. The van der Waals surface area contributed by atoms with Crippen LogP contribution < -0.4 is 0 Å². The maximum absolute atomic E-state index is 5.67. The quantitative estimate of drug-likeness (QED) is 0.386. The van der Waals surface area contributed by atoms with Crippen LogP contribution in [0.1, 0.15) is 30.9 Å². The molecule has 1 saturated heterocycles. The summed E-state index contributed by atoms with van der Waals surface area (Å²) in [6, 6.07) is 10.5. The summed E-state index contributed by atoms with van der Waals surface area (Å²) in [6.07, 6.45) is 3.97. The molecule has 0 amide bonds. The van der Waals surface area contributed by atoms with E-state index in [0.717, 1.165) is 49.6 Å². The normalized spacial score (nSPS) is 19.9. The third-order valence-electron chi connectivity index (χ3n) is 3.17. The van der Waals surface area contributed by atoms with Crippen LogP contribution >= 0.6 is 0 Å². The van der Waals surface area contributed by atoms with Gasteiger partial charge in [0.25, 0.3) is 0 Å². The van der Waals surface area contributed by atoms with Gasteiger partial charge < -0.3 is 13.9 Å². The van der Waals surface area contributed by atoms with E-state index in [9.17, 15) is 0 Å². The van der Waals surface area contributed by atoms with Crippen molar-refractivity contribution < 1.29 is 13.9 Å². The van der Waals surface area contributed by atoms with Crippen LogP contribution in [0.4, 0.5) is 0 Å². The molecule has 1 fully saturated rings. The molecule has 1 heterocycles. The van der Waals surface area contributed by atoms with Crippen LogP contribution in [0, 0.1) is 0 Å². The Balaban J connectivity index is 1.58. The predicted molar refractivity (Wildman–Crippen MR) is 74.6 cm³/mol. The van der Waals surface area contributed by atoms with Crippen LogP contribution in [-0.2, 0) is 13.9 Å². The van der Waals surface area contributed by atoms with E-state index in [-0.39, 0.29) is 6.10 Å². The smallest absolute Gasteiger partial charge is 0.146 e. The Morgan fingerprint density at radius 2 is 2.06 bits per heavy atom. The van der Waals surface area contributed by atoms with E-state index < -0.39 is 0 Å². The molecule has 3 nitrogen and oxygen atoms in total. The number of epoxide rings is 1. The van der Waals surface area contributed by atoms with Gasteiger partial charge in [-0.05, 0) is 24.8 Å². The van der Waals surface area contributed by atoms with Gasteiger partial charge in [0.2, 0.25) is 0 Å². The Bertz CT molecular complexity index is 327. The molecule has 0 N–H and O–H groups in total. The average molecular weight is 266 g/mol. The molecule has 4 heteroatoms. The fourth-order valence-corrected chi connectivity index (χ4v) is 2.51. The largest absolute Gasteiger partial charge is 0.421 e. The third kappa shape index (κ3) is 4.90. The lowest BCUT2D eigenvalue weighted by Crippen LogP contribution is -2.05. The van der Waals surface area contributed by atoms with Gasteiger partial charge in [0.1, 0.15) is 16.6 Å². The SMILES string of the molecule is [SiH3]OC(CCCCOCC1CO1)c1ccccc1. The summed E-state index contributed by atoms with van der Waals surface area (Å²) in [7, 11) is 0.785. The molecule has 0 aliphatic carbocycles. The number of hydrogen-bond donors (Lipinski definition) is 0. The number of benzene rings is 1. The van der Waals surface area contributed by atoms with E-state index >= 15 is 0 Å². The highest BCUT2D eigenvalue weighted by Gasteiger charge is 2.21. The minimum absolute atomic E-state index is 0.268. The lowest BCUT2D eigenvalue weighted by Gasteiger charge is -2.16. The van der Waals surface area contributed by atoms with E-state index in [1.54, 1.807) is 0 Å². The van der Waals surface area contributed by atoms with Gasteiger partial charge >= 0.3 is 0 Å². The molecule has 0 radical (unpaired) electrons. The van der Waals surface area contributed by atoms with E-state index in [2.05, 4.69) is 24.3 Å². The molecule has 0 saturated carbocycles. The second-order valence-electron chi connectivity index (χ2n) is 4.66. The van der Waals surface area contributed by atoms with Gasteiger partial charge in [0.05, 0.1) is 19.3 Å². The molecule has 100 valence electrons. The first-order chi connectivity index (χ1) is 8.90. The molecule has 2 rings (SSSR count). The van der Waals surface area contributed by atoms with Gasteiger partial charge in [-0.15, -0.1) is 0 Å². The van der Waals surface area contributed by atoms with Crippen molar-refractivity contribution in [2.45, 2.75) is 31.5 Å². The Morgan fingerprint density at radius 3 is 2.72 bits per heavy atom. The summed E-state index contributed by atoms with van der Waals surface area (Å²) < 4.78 is 16.3. The van der Waals surface area contributed by atoms with Gasteiger partial charge in [0, 0.05) is 6.61 Å². The minimum Gasteiger partial charge on any atom is -0.421 e. The molecule has 2 unspecified atom stereocenters. The molecule has 1 aliphatic heterocycles. The van der Waals surface area contributed by atoms with Crippen molar-refractivity contribution in [3.63, 3.8) is 0 Å². The zero-order chi connectivity index (χ0) is 12.6. The van der Waals surface area contributed by atoms with E-state index in [0.29, 0.717) is 6.10 Å². The van der Waals surface area contributed by atoms with Crippen LogP contribution in [0.25, 0.3) is 0 Å². The molecule has 2 atom stereocenters. The first-order valence-electron chi connectivity index (χ1n) is 6.67. The van der Waals surface area contributed by atoms with Crippen molar-refractivity contribution in [3.8, 4) is 0 Å². The monoisotopic (exact) mass is 266 g/mol. The first kappa shape index (κ1) is 13.7. The predicted octanol–water partition coefficient (Wildman–Crippen LogP) is 1.61. The van der Waals surface area contributed by atoms with Gasteiger partial charge in [-0.2, -0.15) is 0 Å². The van der Waals surface area contributed by atoms with Crippen molar-refractivity contribution in [1.29, 1.82) is 0 Å². The van der Waals surface area contributed by atoms with Gasteiger partial charge in [-0.25, -0.2) is 0 Å². The highest BCUT2D eigenvalue weighted by Crippen LogP contribution is 2.22. The minimum atomic E-state index is 0.268. The van der Waals surface area contributed by atoms with Crippen molar-refractivity contribution in [2.75, 3.05) is 19.8 Å². The van der Waals surface area contributed by atoms with Crippen molar-refractivity contribution >= 4 is 10.5 Å². The topological polar surface area (TPSA) is 31.0 Å². The third-order valence-corrected chi connectivity index (χ3v) is 3.74. The Labute approximate surface area is 112 Å². The van der Waals surface area contributed by atoms with Crippen LogP contribution in [0.15, 0.2) is 30.3 Å². The highest BCUT2D eigenvalue weighted by atomic mass is 28.2. The number of hydrogen-bond acceptors (Lipinski definition) is 3. The highest BCUT2D eigenvalue weighted by molar-refractivity contribution is 5.98. The van der Waals surface area contributed by atoms with Crippen molar-refractivity contribution in [1.82, 2.24) is 0 Å². The lowest BCUT2D eigenvalue weighted by atomic mass is 10.0. The van der Waals surface area contributed by atoms with E-state index in [4.69, 9.17) is 13.9 Å². The van der Waals surface area contributed by atoms with E-state index in [1.165, 1.54) is 5.56 Å². The molecular weight excluding hydrogens is 244 g/mol. The Hall–Kier alpha value is -0.683. The Kier molecular flexibility index (Phi) is 5.87. The maximum atomic E-state index is 5.67. The van der Waals surface area contributed by atoms with Crippen LogP contribution in [0.2, 0.25) is 0 Å². The first-order valence-corrected chi connectivity index (χ1v) is 7.49. The molecule has 0 aromatic heterocycles. The summed E-state index contributed by atoms with van der Waals surface area (Å²) in [6.45, 7) is 2.48. The second-order valence-corrected chi connectivity index (χ2v) is 5.13. The van der Waals surface area contributed by atoms with Gasteiger partial charge in [-0.1, -0.05) is 30.3 Å². The summed E-state index contributed by atoms with van der Waals surface area (Å²) >= 11 is 0. The standard InChI is InChI=1S/C14H22O3Si/c18-17-14(12-6-2-1-3-7-12)8-4-5-9-15-10-13-11-16-13/h1-3,6-7,13-14H,4-5,8-11H2,18H3. The lowest BCUT2D eigenvalue weighted by molar-refractivity contribution is 0.109. The molecular formula is C14H22O3Si. The molecule has 1 aromatic carbocycles. The fraction of sp³-hybridized carbons (Fsp3) is 0.571. The van der Waals surface area contributed by atoms with Crippen LogP contribution in [-0.4, -0.2) is 36.4 Å². The number of ether oxygens (including phenoxy) is 2. The average Bonchev–Trinajstić information content (AvgIpc) is 3.23. The van der Waals surface area contributed by atoms with Crippen molar-refractivity contribution in [2.24, 2.45) is 0 Å². The summed E-state index contributed by atoms with van der Waals surface area (Å²) in [5.74, 6) is 0. The Morgan fingerprint density at radius 1 is 1.28 bits per heavy atom. The number of rotatable bonds is 9. The molecule has 18 heavy (non-hydrogen) atoms. The summed E-state index contributed by atoms with van der Waals surface area (Å²) in [5, 5.41) is 0. The molecule has 1 aromatic rings. The molecule has 0 spiro atoms. The van der Waals surface area contributed by atoms with Crippen LogP contribution in [0.3, 0.4) is 0 Å².